The maximum absolute atomic E-state index is 8.94. The van der Waals surface area contributed by atoms with Crippen LogP contribution in [-0.2, 0) is 29.0 Å². The summed E-state index contributed by atoms with van der Waals surface area (Å²) in [4.78, 5) is 2.47. The van der Waals surface area contributed by atoms with Gasteiger partial charge in [-0.15, -0.1) is 0 Å². The van der Waals surface area contributed by atoms with Crippen LogP contribution in [0.4, 0.5) is 0 Å². The number of hydrogen-bond acceptors (Lipinski definition) is 7. The van der Waals surface area contributed by atoms with Crippen molar-refractivity contribution in [3.05, 3.63) is 64.3 Å². The molecule has 0 aliphatic carbocycles. The van der Waals surface area contributed by atoms with E-state index < -0.39 is 0 Å². The first-order chi connectivity index (χ1) is 17.2. The highest BCUT2D eigenvalue weighted by Crippen LogP contribution is 2.28. The van der Waals surface area contributed by atoms with E-state index >= 15 is 0 Å². The highest BCUT2D eigenvalue weighted by atomic mass is 16.7. The molecule has 0 spiro atoms. The predicted octanol–water partition coefficient (Wildman–Crippen LogP) is 4.32. The highest BCUT2D eigenvalue weighted by molar-refractivity contribution is 5.83. The molecular formula is C28H34N4O3. The van der Waals surface area contributed by atoms with Crippen molar-refractivity contribution in [3.8, 4) is 6.07 Å². The lowest BCUT2D eigenvalue weighted by atomic mass is 9.91. The summed E-state index contributed by atoms with van der Waals surface area (Å²) in [5.41, 5.74) is 6.20. The average Bonchev–Trinajstić information content (AvgIpc) is 3.56. The Hall–Kier alpha value is -2.76. The molecule has 184 valence electrons. The topological polar surface area (TPSA) is 83.6 Å². The summed E-state index contributed by atoms with van der Waals surface area (Å²) in [5.74, 6) is 0.732. The standard InChI is InChI=1S/C28H34N4O3/c1-20-24(18-30-17-23-4-2-22(16-29)3-5-23)7-8-25-26(31-35-28(20)25)9-6-21-10-12-32(13-11-21)19-27-33-14-15-34-27/h2-5,7-8,21,27,30H,6,9-15,17-19H2,1H3. The van der Waals surface area contributed by atoms with E-state index in [-0.39, 0.29) is 6.29 Å². The molecule has 0 radical (unpaired) electrons. The number of fused-ring (bicyclic) bond motifs is 1. The number of nitrogens with zero attached hydrogens (tertiary/aromatic N) is 3. The first-order valence-electron chi connectivity index (χ1n) is 12.7. The number of rotatable bonds is 9. The van der Waals surface area contributed by atoms with Gasteiger partial charge in [0.05, 0.1) is 30.5 Å². The number of nitriles is 1. The molecule has 3 heterocycles. The van der Waals surface area contributed by atoms with Crippen molar-refractivity contribution in [2.75, 3.05) is 32.8 Å². The number of nitrogens with one attached hydrogen (secondary N) is 1. The minimum atomic E-state index is -0.0349. The molecule has 2 aliphatic heterocycles. The Morgan fingerprint density at radius 1 is 1.06 bits per heavy atom. The van der Waals surface area contributed by atoms with Crippen LogP contribution < -0.4 is 5.32 Å². The minimum absolute atomic E-state index is 0.0349. The van der Waals surface area contributed by atoms with E-state index in [1.165, 1.54) is 18.4 Å². The second kappa shape index (κ2) is 11.3. The van der Waals surface area contributed by atoms with Crippen LogP contribution in [0, 0.1) is 24.2 Å². The molecular weight excluding hydrogens is 440 g/mol. The lowest BCUT2D eigenvalue weighted by Crippen LogP contribution is -2.39. The van der Waals surface area contributed by atoms with Gasteiger partial charge in [-0.2, -0.15) is 5.26 Å². The van der Waals surface area contributed by atoms with Gasteiger partial charge < -0.3 is 19.3 Å². The Balaban J connectivity index is 1.11. The molecule has 2 aromatic carbocycles. The largest absolute Gasteiger partial charge is 0.356 e. The zero-order valence-corrected chi connectivity index (χ0v) is 20.5. The van der Waals surface area contributed by atoms with Gasteiger partial charge in [-0.1, -0.05) is 23.4 Å². The van der Waals surface area contributed by atoms with Crippen molar-refractivity contribution in [2.45, 2.75) is 52.0 Å². The van der Waals surface area contributed by atoms with E-state index in [0.29, 0.717) is 5.56 Å². The Morgan fingerprint density at radius 3 is 2.57 bits per heavy atom. The van der Waals surface area contributed by atoms with Crippen molar-refractivity contribution < 1.29 is 14.0 Å². The van der Waals surface area contributed by atoms with E-state index in [9.17, 15) is 0 Å². The van der Waals surface area contributed by atoms with Crippen molar-refractivity contribution in [1.29, 1.82) is 5.26 Å². The van der Waals surface area contributed by atoms with Gasteiger partial charge in [0.15, 0.2) is 11.9 Å². The van der Waals surface area contributed by atoms with Crippen LogP contribution in [0.15, 0.2) is 40.9 Å². The van der Waals surface area contributed by atoms with Crippen LogP contribution in [0.3, 0.4) is 0 Å². The average molecular weight is 475 g/mol. The van der Waals surface area contributed by atoms with E-state index in [4.69, 9.17) is 19.3 Å². The summed E-state index contributed by atoms with van der Waals surface area (Å²) < 4.78 is 17.0. The zero-order valence-electron chi connectivity index (χ0n) is 20.5. The minimum Gasteiger partial charge on any atom is -0.356 e. The van der Waals surface area contributed by atoms with Gasteiger partial charge in [-0.25, -0.2) is 0 Å². The fraction of sp³-hybridized carbons (Fsp3) is 0.500. The number of piperidine rings is 1. The third-order valence-electron chi connectivity index (χ3n) is 7.40. The molecule has 0 atom stereocenters. The van der Waals surface area contributed by atoms with Gasteiger partial charge in [0.25, 0.3) is 0 Å². The molecule has 0 amide bonds. The van der Waals surface area contributed by atoms with Crippen molar-refractivity contribution >= 4 is 11.0 Å². The van der Waals surface area contributed by atoms with Crippen LogP contribution in [-0.4, -0.2) is 49.2 Å². The number of ether oxygens (including phenoxy) is 2. The Bertz CT molecular complexity index is 1150. The van der Waals surface area contributed by atoms with Gasteiger partial charge >= 0.3 is 0 Å². The van der Waals surface area contributed by atoms with E-state index in [2.05, 4.69) is 40.5 Å². The molecule has 0 saturated carbocycles. The molecule has 7 heteroatoms. The van der Waals surface area contributed by atoms with Crippen LogP contribution in [0.25, 0.3) is 11.0 Å². The van der Waals surface area contributed by atoms with Gasteiger partial charge in [0.2, 0.25) is 0 Å². The second-order valence-corrected chi connectivity index (χ2v) is 9.72. The molecule has 35 heavy (non-hydrogen) atoms. The maximum Gasteiger partial charge on any atom is 0.170 e. The Labute approximate surface area is 207 Å². The normalized spacial score (nSPS) is 17.8. The first kappa shape index (κ1) is 24.0. The zero-order chi connectivity index (χ0) is 24.0. The van der Waals surface area contributed by atoms with Gasteiger partial charge in [-0.3, -0.25) is 4.90 Å². The molecule has 5 rings (SSSR count). The second-order valence-electron chi connectivity index (χ2n) is 9.72. The van der Waals surface area contributed by atoms with E-state index in [1.54, 1.807) is 0 Å². The maximum atomic E-state index is 8.94. The first-order valence-corrected chi connectivity index (χ1v) is 12.7. The van der Waals surface area contributed by atoms with E-state index in [1.807, 2.05) is 24.3 Å². The summed E-state index contributed by atoms with van der Waals surface area (Å²) in [6, 6.07) is 14.2. The Kier molecular flexibility index (Phi) is 7.75. The van der Waals surface area contributed by atoms with Gasteiger partial charge in [-0.05, 0) is 86.5 Å². The number of aryl methyl sites for hydroxylation is 2. The fourth-order valence-electron chi connectivity index (χ4n) is 5.16. The van der Waals surface area contributed by atoms with Crippen LogP contribution in [0.1, 0.15) is 47.2 Å². The SMILES string of the molecule is Cc1c(CNCc2ccc(C#N)cc2)ccc2c(CCC3CCN(CC4OCCO4)CC3)noc12. The molecule has 2 aliphatic rings. The highest BCUT2D eigenvalue weighted by Gasteiger charge is 2.25. The molecule has 7 nitrogen and oxygen atoms in total. The molecule has 2 saturated heterocycles. The number of benzene rings is 2. The predicted molar refractivity (Wildman–Crippen MR) is 134 cm³/mol. The molecule has 0 bridgehead atoms. The monoisotopic (exact) mass is 474 g/mol. The number of likely N-dealkylation sites (tertiary alicyclic amines) is 1. The van der Waals surface area contributed by atoms with E-state index in [0.717, 1.165) is 92.5 Å². The third kappa shape index (κ3) is 5.91. The molecule has 1 aromatic heterocycles. The summed E-state index contributed by atoms with van der Waals surface area (Å²) in [7, 11) is 0. The fourth-order valence-corrected chi connectivity index (χ4v) is 5.16. The lowest BCUT2D eigenvalue weighted by Gasteiger charge is -2.32. The van der Waals surface area contributed by atoms with Crippen LogP contribution >= 0.6 is 0 Å². The lowest BCUT2D eigenvalue weighted by molar-refractivity contribution is -0.0661. The van der Waals surface area contributed by atoms with Crippen LogP contribution in [0.5, 0.6) is 0 Å². The molecule has 2 fully saturated rings. The number of hydrogen-bond donors (Lipinski definition) is 1. The van der Waals surface area contributed by atoms with Crippen molar-refractivity contribution in [2.24, 2.45) is 5.92 Å². The molecule has 1 N–H and O–H groups in total. The summed E-state index contributed by atoms with van der Waals surface area (Å²) >= 11 is 0. The third-order valence-corrected chi connectivity index (χ3v) is 7.40. The van der Waals surface area contributed by atoms with Gasteiger partial charge in [0, 0.05) is 25.0 Å². The summed E-state index contributed by atoms with van der Waals surface area (Å²) in [6.07, 6.45) is 4.52. The van der Waals surface area contributed by atoms with Crippen molar-refractivity contribution in [3.63, 3.8) is 0 Å². The molecule has 0 unspecified atom stereocenters. The van der Waals surface area contributed by atoms with Gasteiger partial charge in [0.1, 0.15) is 0 Å². The summed E-state index contributed by atoms with van der Waals surface area (Å²) in [6.45, 7) is 8.20. The smallest absolute Gasteiger partial charge is 0.170 e. The molecule has 3 aromatic rings. The van der Waals surface area contributed by atoms with Crippen molar-refractivity contribution in [1.82, 2.24) is 15.4 Å². The summed E-state index contributed by atoms with van der Waals surface area (Å²) in [5, 5.41) is 18.0. The Morgan fingerprint density at radius 2 is 1.83 bits per heavy atom. The van der Waals surface area contributed by atoms with Crippen LogP contribution in [0.2, 0.25) is 0 Å². The quantitative estimate of drug-likeness (QED) is 0.495. The number of aromatic nitrogens is 1.